The molecular formula is C14H12FNO2. The number of pyridine rings is 1. The Morgan fingerprint density at radius 2 is 2.11 bits per heavy atom. The number of ether oxygens (including phenoxy) is 1. The van der Waals surface area contributed by atoms with Gasteiger partial charge in [-0.3, -0.25) is 4.79 Å². The molecule has 1 aromatic carbocycles. The average Bonchev–Trinajstić information content (AvgIpc) is 2.34. The predicted molar refractivity (Wildman–Crippen MR) is 65.5 cm³/mol. The summed E-state index contributed by atoms with van der Waals surface area (Å²) >= 11 is 0. The average molecular weight is 245 g/mol. The topological polar surface area (TPSA) is 39.2 Å². The molecule has 2 rings (SSSR count). The number of carbonyl (C=O) groups is 1. The smallest absolute Gasteiger partial charge is 0.230 e. The normalized spacial score (nSPS) is 10.2. The van der Waals surface area contributed by atoms with Crippen LogP contribution in [0.5, 0.6) is 11.6 Å². The van der Waals surface area contributed by atoms with Gasteiger partial charge < -0.3 is 4.74 Å². The van der Waals surface area contributed by atoms with E-state index in [-0.39, 0.29) is 11.7 Å². The molecular weight excluding hydrogens is 233 g/mol. The Balaban J connectivity index is 2.40. The van der Waals surface area contributed by atoms with Crippen molar-refractivity contribution in [3.63, 3.8) is 0 Å². The van der Waals surface area contributed by atoms with Gasteiger partial charge in [0.15, 0.2) is 5.78 Å². The maximum Gasteiger partial charge on any atom is 0.230 e. The van der Waals surface area contributed by atoms with Crippen LogP contribution in [0.4, 0.5) is 4.39 Å². The third-order valence-electron chi connectivity index (χ3n) is 2.51. The van der Waals surface area contributed by atoms with Gasteiger partial charge in [0.1, 0.15) is 11.6 Å². The molecule has 0 aliphatic carbocycles. The highest BCUT2D eigenvalue weighted by Crippen LogP contribution is 2.26. The van der Waals surface area contributed by atoms with Crippen molar-refractivity contribution in [2.45, 2.75) is 13.8 Å². The maximum absolute atomic E-state index is 13.1. The van der Waals surface area contributed by atoms with E-state index in [2.05, 4.69) is 4.98 Å². The molecule has 2 aromatic rings. The monoisotopic (exact) mass is 245 g/mol. The quantitative estimate of drug-likeness (QED) is 0.776. The van der Waals surface area contributed by atoms with Gasteiger partial charge in [0.25, 0.3) is 0 Å². The second kappa shape index (κ2) is 4.96. The Morgan fingerprint density at radius 1 is 1.33 bits per heavy atom. The molecule has 0 atom stereocenters. The summed E-state index contributed by atoms with van der Waals surface area (Å²) in [5, 5.41) is 0. The first-order valence-corrected chi connectivity index (χ1v) is 5.48. The lowest BCUT2D eigenvalue weighted by atomic mass is 10.2. The van der Waals surface area contributed by atoms with Gasteiger partial charge in [0.2, 0.25) is 5.88 Å². The highest BCUT2D eigenvalue weighted by molar-refractivity contribution is 5.96. The number of hydrogen-bond donors (Lipinski definition) is 0. The lowest BCUT2D eigenvalue weighted by molar-refractivity contribution is 0.101. The summed E-state index contributed by atoms with van der Waals surface area (Å²) in [7, 11) is 0. The highest BCUT2D eigenvalue weighted by atomic mass is 19.1. The first-order chi connectivity index (χ1) is 8.58. The van der Waals surface area contributed by atoms with E-state index >= 15 is 0 Å². The molecule has 0 amide bonds. The molecule has 1 aromatic heterocycles. The standard InChI is InChI=1S/C14H12FNO2/c1-9-5-6-11(15)8-13(9)18-14-12(10(2)17)4-3-7-16-14/h3-8H,1-2H3. The maximum atomic E-state index is 13.1. The summed E-state index contributed by atoms with van der Waals surface area (Å²) < 4.78 is 18.7. The minimum absolute atomic E-state index is 0.146. The molecule has 0 saturated carbocycles. The molecule has 18 heavy (non-hydrogen) atoms. The van der Waals surface area contributed by atoms with Crippen molar-refractivity contribution in [1.82, 2.24) is 4.98 Å². The summed E-state index contributed by atoms with van der Waals surface area (Å²) in [6, 6.07) is 7.52. The zero-order chi connectivity index (χ0) is 13.1. The fourth-order valence-electron chi connectivity index (χ4n) is 1.53. The fraction of sp³-hybridized carbons (Fsp3) is 0.143. The van der Waals surface area contributed by atoms with Crippen LogP contribution in [-0.4, -0.2) is 10.8 Å². The van der Waals surface area contributed by atoms with Gasteiger partial charge in [-0.25, -0.2) is 9.37 Å². The number of Topliss-reactive ketones (excluding diaryl/α,β-unsaturated/α-hetero) is 1. The van der Waals surface area contributed by atoms with Gasteiger partial charge in [-0.1, -0.05) is 6.07 Å². The Morgan fingerprint density at radius 3 is 2.83 bits per heavy atom. The van der Waals surface area contributed by atoms with E-state index in [4.69, 9.17) is 4.74 Å². The van der Waals surface area contributed by atoms with E-state index in [1.54, 1.807) is 25.1 Å². The zero-order valence-electron chi connectivity index (χ0n) is 10.1. The van der Waals surface area contributed by atoms with E-state index in [1.165, 1.54) is 25.3 Å². The van der Waals surface area contributed by atoms with Crippen LogP contribution in [0.15, 0.2) is 36.5 Å². The Bertz CT molecular complexity index is 596. The number of benzene rings is 1. The molecule has 0 aliphatic rings. The summed E-state index contributed by atoms with van der Waals surface area (Å²) in [5.74, 6) is 0.0120. The minimum atomic E-state index is -0.393. The summed E-state index contributed by atoms with van der Waals surface area (Å²) in [6.45, 7) is 3.23. The Kier molecular flexibility index (Phi) is 3.37. The number of aryl methyl sites for hydroxylation is 1. The number of halogens is 1. The molecule has 0 unspecified atom stereocenters. The van der Waals surface area contributed by atoms with Crippen molar-refractivity contribution >= 4 is 5.78 Å². The molecule has 0 bridgehead atoms. The van der Waals surface area contributed by atoms with Gasteiger partial charge >= 0.3 is 0 Å². The number of nitrogens with zero attached hydrogens (tertiary/aromatic N) is 1. The molecule has 0 fully saturated rings. The summed E-state index contributed by atoms with van der Waals surface area (Å²) in [5.41, 5.74) is 1.15. The number of ketones is 1. The van der Waals surface area contributed by atoms with Crippen molar-refractivity contribution < 1.29 is 13.9 Å². The second-order valence-electron chi connectivity index (χ2n) is 3.92. The van der Waals surface area contributed by atoms with Crippen LogP contribution < -0.4 is 4.74 Å². The summed E-state index contributed by atoms with van der Waals surface area (Å²) in [4.78, 5) is 15.4. The van der Waals surface area contributed by atoms with Crippen molar-refractivity contribution in [3.8, 4) is 11.6 Å². The van der Waals surface area contributed by atoms with Crippen LogP contribution >= 0.6 is 0 Å². The van der Waals surface area contributed by atoms with E-state index in [9.17, 15) is 9.18 Å². The van der Waals surface area contributed by atoms with E-state index in [0.717, 1.165) is 5.56 Å². The minimum Gasteiger partial charge on any atom is -0.438 e. The highest BCUT2D eigenvalue weighted by Gasteiger charge is 2.11. The molecule has 0 radical (unpaired) electrons. The van der Waals surface area contributed by atoms with Gasteiger partial charge in [-0.05, 0) is 37.6 Å². The van der Waals surface area contributed by atoms with Crippen LogP contribution in [-0.2, 0) is 0 Å². The fourth-order valence-corrected chi connectivity index (χ4v) is 1.53. The molecule has 4 heteroatoms. The number of carbonyl (C=O) groups excluding carboxylic acids is 1. The van der Waals surface area contributed by atoms with Crippen LogP contribution in [0.1, 0.15) is 22.8 Å². The van der Waals surface area contributed by atoms with E-state index < -0.39 is 5.82 Å². The molecule has 1 heterocycles. The predicted octanol–water partition coefficient (Wildman–Crippen LogP) is 3.52. The first-order valence-electron chi connectivity index (χ1n) is 5.48. The van der Waals surface area contributed by atoms with Gasteiger partial charge in [0, 0.05) is 12.3 Å². The Hall–Kier alpha value is -2.23. The van der Waals surface area contributed by atoms with Gasteiger partial charge in [-0.15, -0.1) is 0 Å². The number of rotatable bonds is 3. The lowest BCUT2D eigenvalue weighted by Crippen LogP contribution is -2.00. The van der Waals surface area contributed by atoms with Crippen LogP contribution in [0.3, 0.4) is 0 Å². The third-order valence-corrected chi connectivity index (χ3v) is 2.51. The van der Waals surface area contributed by atoms with Crippen LogP contribution in [0, 0.1) is 12.7 Å². The molecule has 0 aliphatic heterocycles. The van der Waals surface area contributed by atoms with Gasteiger partial charge in [-0.2, -0.15) is 0 Å². The molecule has 0 saturated heterocycles. The molecule has 3 nitrogen and oxygen atoms in total. The number of hydrogen-bond acceptors (Lipinski definition) is 3. The van der Waals surface area contributed by atoms with Crippen LogP contribution in [0.25, 0.3) is 0 Å². The van der Waals surface area contributed by atoms with Gasteiger partial charge in [0.05, 0.1) is 5.56 Å². The summed E-state index contributed by atoms with van der Waals surface area (Å²) in [6.07, 6.45) is 1.52. The van der Waals surface area contributed by atoms with Crippen molar-refractivity contribution in [1.29, 1.82) is 0 Å². The molecule has 0 N–H and O–H groups in total. The first kappa shape index (κ1) is 12.2. The van der Waals surface area contributed by atoms with E-state index in [0.29, 0.717) is 11.3 Å². The van der Waals surface area contributed by atoms with Crippen LogP contribution in [0.2, 0.25) is 0 Å². The second-order valence-corrected chi connectivity index (χ2v) is 3.92. The third kappa shape index (κ3) is 2.53. The SMILES string of the molecule is CC(=O)c1cccnc1Oc1cc(F)ccc1C. The Labute approximate surface area is 104 Å². The molecule has 0 spiro atoms. The van der Waals surface area contributed by atoms with Crippen molar-refractivity contribution in [3.05, 3.63) is 53.5 Å². The van der Waals surface area contributed by atoms with Crippen molar-refractivity contribution in [2.75, 3.05) is 0 Å². The van der Waals surface area contributed by atoms with Crippen molar-refractivity contribution in [2.24, 2.45) is 0 Å². The van der Waals surface area contributed by atoms with E-state index in [1.807, 2.05) is 0 Å². The lowest BCUT2D eigenvalue weighted by Gasteiger charge is -2.10. The largest absolute Gasteiger partial charge is 0.438 e. The zero-order valence-corrected chi connectivity index (χ0v) is 10.1. The number of aromatic nitrogens is 1. The molecule has 92 valence electrons.